The standard InChI is InChI=1S/C15H11Cl3N2O2/c1-8(9-2-4-13(17)14(18)6-9)19-20-10-3-5-12(16)11(7-10)15(21)22/h2-7,20H,1H3,(H,21,22). The number of halogens is 3. The lowest BCUT2D eigenvalue weighted by atomic mass is 10.1. The highest BCUT2D eigenvalue weighted by Crippen LogP contribution is 2.23. The van der Waals surface area contributed by atoms with E-state index in [9.17, 15) is 4.79 Å². The van der Waals surface area contributed by atoms with Crippen molar-refractivity contribution in [3.8, 4) is 0 Å². The van der Waals surface area contributed by atoms with Gasteiger partial charge in [-0.25, -0.2) is 4.79 Å². The Hall–Kier alpha value is -1.75. The molecule has 0 saturated carbocycles. The van der Waals surface area contributed by atoms with Gasteiger partial charge in [0.2, 0.25) is 0 Å². The molecule has 2 aromatic carbocycles. The molecule has 0 saturated heterocycles. The van der Waals surface area contributed by atoms with Crippen LogP contribution in [0.5, 0.6) is 0 Å². The molecule has 4 nitrogen and oxygen atoms in total. The lowest BCUT2D eigenvalue weighted by Crippen LogP contribution is -2.02. The van der Waals surface area contributed by atoms with E-state index in [1.54, 1.807) is 31.2 Å². The van der Waals surface area contributed by atoms with E-state index in [4.69, 9.17) is 39.9 Å². The predicted octanol–water partition coefficient (Wildman–Crippen LogP) is 5.18. The number of rotatable bonds is 4. The molecule has 0 amide bonds. The van der Waals surface area contributed by atoms with Crippen LogP contribution in [0.25, 0.3) is 0 Å². The molecule has 0 atom stereocenters. The molecule has 2 aromatic rings. The van der Waals surface area contributed by atoms with E-state index in [1.165, 1.54) is 12.1 Å². The normalized spacial score (nSPS) is 11.4. The Kier molecular flexibility index (Phi) is 5.29. The van der Waals surface area contributed by atoms with E-state index in [0.29, 0.717) is 21.4 Å². The minimum atomic E-state index is -1.10. The van der Waals surface area contributed by atoms with Gasteiger partial charge in [-0.2, -0.15) is 5.10 Å². The summed E-state index contributed by atoms with van der Waals surface area (Å²) in [7, 11) is 0. The molecule has 0 spiro atoms. The number of aromatic carboxylic acids is 1. The molecule has 0 aromatic heterocycles. The molecule has 2 rings (SSSR count). The Labute approximate surface area is 142 Å². The topological polar surface area (TPSA) is 61.7 Å². The SMILES string of the molecule is CC(=NNc1ccc(Cl)c(C(=O)O)c1)c1ccc(Cl)c(Cl)c1. The third kappa shape index (κ3) is 3.91. The zero-order chi connectivity index (χ0) is 16.3. The van der Waals surface area contributed by atoms with Gasteiger partial charge in [-0.3, -0.25) is 5.43 Å². The summed E-state index contributed by atoms with van der Waals surface area (Å²) in [6, 6.07) is 9.73. The molecule has 0 bridgehead atoms. The predicted molar refractivity (Wildman–Crippen MR) is 90.7 cm³/mol. The third-order valence-electron chi connectivity index (χ3n) is 2.89. The summed E-state index contributed by atoms with van der Waals surface area (Å²) in [5, 5.41) is 14.3. The molecular formula is C15H11Cl3N2O2. The van der Waals surface area contributed by atoms with Gasteiger partial charge >= 0.3 is 5.97 Å². The maximum atomic E-state index is 11.0. The lowest BCUT2D eigenvalue weighted by Gasteiger charge is -2.06. The van der Waals surface area contributed by atoms with Crippen LogP contribution >= 0.6 is 34.8 Å². The quantitative estimate of drug-likeness (QED) is 0.585. The Balaban J connectivity index is 2.22. The number of hydrazone groups is 1. The second-order valence-electron chi connectivity index (χ2n) is 4.44. The maximum Gasteiger partial charge on any atom is 0.337 e. The number of carbonyl (C=O) groups is 1. The Morgan fingerprint density at radius 1 is 1.05 bits per heavy atom. The van der Waals surface area contributed by atoms with Gasteiger partial charge in [0, 0.05) is 0 Å². The highest BCUT2D eigenvalue weighted by molar-refractivity contribution is 6.42. The van der Waals surface area contributed by atoms with Crippen molar-refractivity contribution in [3.63, 3.8) is 0 Å². The van der Waals surface area contributed by atoms with Crippen LogP contribution in [0.4, 0.5) is 5.69 Å². The van der Waals surface area contributed by atoms with Gasteiger partial charge in [0.15, 0.2) is 0 Å². The monoisotopic (exact) mass is 356 g/mol. The highest BCUT2D eigenvalue weighted by atomic mass is 35.5. The number of carboxylic acid groups (broad SMARTS) is 1. The van der Waals surface area contributed by atoms with Crippen LogP contribution in [0, 0.1) is 0 Å². The molecule has 0 aliphatic rings. The highest BCUT2D eigenvalue weighted by Gasteiger charge is 2.09. The van der Waals surface area contributed by atoms with E-state index in [-0.39, 0.29) is 10.6 Å². The number of benzene rings is 2. The molecule has 0 unspecified atom stereocenters. The van der Waals surface area contributed by atoms with Crippen molar-refractivity contribution in [2.24, 2.45) is 5.10 Å². The van der Waals surface area contributed by atoms with Gasteiger partial charge in [-0.15, -0.1) is 0 Å². The Morgan fingerprint density at radius 3 is 2.36 bits per heavy atom. The first-order chi connectivity index (χ1) is 10.4. The number of anilines is 1. The fraction of sp³-hybridized carbons (Fsp3) is 0.0667. The van der Waals surface area contributed by atoms with E-state index in [1.807, 2.05) is 0 Å². The second-order valence-corrected chi connectivity index (χ2v) is 5.66. The van der Waals surface area contributed by atoms with Gasteiger partial charge < -0.3 is 5.11 Å². The number of carboxylic acids is 1. The minimum Gasteiger partial charge on any atom is -0.478 e. The first kappa shape index (κ1) is 16.6. The van der Waals surface area contributed by atoms with Crippen molar-refractivity contribution in [1.82, 2.24) is 0 Å². The number of hydrogen-bond acceptors (Lipinski definition) is 3. The largest absolute Gasteiger partial charge is 0.478 e. The zero-order valence-corrected chi connectivity index (χ0v) is 13.7. The van der Waals surface area contributed by atoms with Crippen molar-refractivity contribution in [3.05, 3.63) is 62.6 Å². The average molecular weight is 358 g/mol. The number of nitrogens with one attached hydrogen (secondary N) is 1. The smallest absolute Gasteiger partial charge is 0.337 e. The van der Waals surface area contributed by atoms with E-state index < -0.39 is 5.97 Å². The maximum absolute atomic E-state index is 11.0. The molecule has 0 aliphatic heterocycles. The van der Waals surface area contributed by atoms with Crippen molar-refractivity contribution in [2.45, 2.75) is 6.92 Å². The molecule has 114 valence electrons. The van der Waals surface area contributed by atoms with Crippen LogP contribution in [0.1, 0.15) is 22.8 Å². The fourth-order valence-electron chi connectivity index (χ4n) is 1.69. The van der Waals surface area contributed by atoms with Gasteiger partial charge in [0.1, 0.15) is 0 Å². The molecule has 22 heavy (non-hydrogen) atoms. The van der Waals surface area contributed by atoms with E-state index in [2.05, 4.69) is 10.5 Å². The van der Waals surface area contributed by atoms with Crippen molar-refractivity contribution < 1.29 is 9.90 Å². The van der Waals surface area contributed by atoms with Crippen LogP contribution in [0.15, 0.2) is 41.5 Å². The molecule has 7 heteroatoms. The summed E-state index contributed by atoms with van der Waals surface area (Å²) in [6.07, 6.45) is 0. The molecular weight excluding hydrogens is 347 g/mol. The average Bonchev–Trinajstić information content (AvgIpc) is 2.48. The van der Waals surface area contributed by atoms with Gasteiger partial charge in [0.05, 0.1) is 32.0 Å². The van der Waals surface area contributed by atoms with Gasteiger partial charge in [-0.1, -0.05) is 40.9 Å². The molecule has 0 aliphatic carbocycles. The third-order valence-corrected chi connectivity index (χ3v) is 3.96. The van der Waals surface area contributed by atoms with Crippen LogP contribution in [0.3, 0.4) is 0 Å². The van der Waals surface area contributed by atoms with Crippen molar-refractivity contribution in [1.29, 1.82) is 0 Å². The molecule has 2 N–H and O–H groups in total. The van der Waals surface area contributed by atoms with Gasteiger partial charge in [0.25, 0.3) is 0 Å². The Morgan fingerprint density at radius 2 is 1.73 bits per heavy atom. The molecule has 0 fully saturated rings. The zero-order valence-electron chi connectivity index (χ0n) is 11.4. The van der Waals surface area contributed by atoms with Gasteiger partial charge in [-0.05, 0) is 42.8 Å². The van der Waals surface area contributed by atoms with Crippen molar-refractivity contribution >= 4 is 52.2 Å². The van der Waals surface area contributed by atoms with Crippen LogP contribution < -0.4 is 5.43 Å². The summed E-state index contributed by atoms with van der Waals surface area (Å²) in [5.41, 5.74) is 4.78. The fourth-order valence-corrected chi connectivity index (χ4v) is 2.19. The van der Waals surface area contributed by atoms with Crippen LogP contribution in [-0.2, 0) is 0 Å². The summed E-state index contributed by atoms with van der Waals surface area (Å²) in [6.45, 7) is 1.79. The summed E-state index contributed by atoms with van der Waals surface area (Å²) >= 11 is 17.6. The van der Waals surface area contributed by atoms with Crippen LogP contribution in [-0.4, -0.2) is 16.8 Å². The Bertz CT molecular complexity index is 760. The lowest BCUT2D eigenvalue weighted by molar-refractivity contribution is 0.0697. The number of hydrogen-bond donors (Lipinski definition) is 2. The summed E-state index contributed by atoms with van der Waals surface area (Å²) in [4.78, 5) is 11.0. The summed E-state index contributed by atoms with van der Waals surface area (Å²) < 4.78 is 0. The van der Waals surface area contributed by atoms with E-state index >= 15 is 0 Å². The summed E-state index contributed by atoms with van der Waals surface area (Å²) in [5.74, 6) is -1.10. The van der Waals surface area contributed by atoms with E-state index in [0.717, 1.165) is 5.56 Å². The molecule has 0 radical (unpaired) electrons. The second kappa shape index (κ2) is 7.01. The first-order valence-electron chi connectivity index (χ1n) is 6.17. The number of nitrogens with zero attached hydrogens (tertiary/aromatic N) is 1. The minimum absolute atomic E-state index is 0.00839. The molecule has 0 heterocycles. The van der Waals surface area contributed by atoms with Crippen LogP contribution in [0.2, 0.25) is 15.1 Å². The first-order valence-corrected chi connectivity index (χ1v) is 7.30. The van der Waals surface area contributed by atoms with Crippen molar-refractivity contribution in [2.75, 3.05) is 5.43 Å².